The normalized spacial score (nSPS) is 18.6. The first-order valence-electron chi connectivity index (χ1n) is 6.97. The molecule has 1 aromatic rings. The van der Waals surface area contributed by atoms with Crippen LogP contribution < -0.4 is 0 Å². The van der Waals surface area contributed by atoms with Crippen molar-refractivity contribution in [3.05, 3.63) is 29.3 Å². The highest BCUT2D eigenvalue weighted by Gasteiger charge is 2.32. The van der Waals surface area contributed by atoms with E-state index in [1.807, 2.05) is 0 Å². The predicted octanol–water partition coefficient (Wildman–Crippen LogP) is 2.64. The van der Waals surface area contributed by atoms with Crippen LogP contribution in [0.5, 0.6) is 5.75 Å². The molecule has 0 spiro atoms. The van der Waals surface area contributed by atoms with Crippen molar-refractivity contribution in [2.24, 2.45) is 0 Å². The number of halogens is 2. The second kappa shape index (κ2) is 6.20. The van der Waals surface area contributed by atoms with Crippen molar-refractivity contribution in [1.29, 1.82) is 0 Å². The van der Waals surface area contributed by atoms with Crippen LogP contribution in [-0.4, -0.2) is 34.3 Å². The maximum atomic E-state index is 13.4. The number of benzene rings is 1. The second-order valence-electron chi connectivity index (χ2n) is 5.12. The van der Waals surface area contributed by atoms with E-state index < -0.39 is 29.3 Å². The van der Waals surface area contributed by atoms with Gasteiger partial charge in [-0.05, 0) is 31.4 Å². The minimum atomic E-state index is -1.19. The fraction of sp³-hybridized carbons (Fsp3) is 0.467. The molecule has 1 aliphatic rings. The van der Waals surface area contributed by atoms with Crippen LogP contribution in [-0.2, 0) is 4.79 Å². The summed E-state index contributed by atoms with van der Waals surface area (Å²) in [5.74, 6) is -4.11. The van der Waals surface area contributed by atoms with Crippen LogP contribution in [0.15, 0.2) is 12.1 Å². The third kappa shape index (κ3) is 3.04. The lowest BCUT2D eigenvalue weighted by atomic mass is 9.96. The Morgan fingerprint density at radius 1 is 1.29 bits per heavy atom. The summed E-state index contributed by atoms with van der Waals surface area (Å²) in [5, 5.41) is 9.07. The van der Waals surface area contributed by atoms with E-state index in [1.165, 1.54) is 4.90 Å². The quantitative estimate of drug-likeness (QED) is 0.933. The average molecular weight is 297 g/mol. The summed E-state index contributed by atoms with van der Waals surface area (Å²) in [6, 6.07) is 1.06. The molecule has 1 N–H and O–H groups in total. The summed E-state index contributed by atoms with van der Waals surface area (Å²) in [5.41, 5.74) is -0.196. The van der Waals surface area contributed by atoms with Crippen LogP contribution in [0, 0.1) is 11.6 Å². The zero-order valence-corrected chi connectivity index (χ0v) is 11.7. The number of rotatable bonds is 3. The summed E-state index contributed by atoms with van der Waals surface area (Å²) < 4.78 is 26.7. The third-order valence-electron chi connectivity index (χ3n) is 3.75. The number of carbonyl (C=O) groups is 2. The van der Waals surface area contributed by atoms with Crippen molar-refractivity contribution in [3.8, 4) is 5.75 Å². The Morgan fingerprint density at radius 3 is 2.48 bits per heavy atom. The Labute approximate surface area is 121 Å². The molecule has 1 fully saturated rings. The number of ketones is 1. The van der Waals surface area contributed by atoms with Gasteiger partial charge in [0.15, 0.2) is 23.2 Å². The number of amides is 1. The first-order valence-corrected chi connectivity index (χ1v) is 6.97. The molecule has 4 nitrogen and oxygen atoms in total. The van der Waals surface area contributed by atoms with E-state index in [9.17, 15) is 18.4 Å². The van der Waals surface area contributed by atoms with Gasteiger partial charge in [0.1, 0.15) is 0 Å². The zero-order valence-electron chi connectivity index (χ0n) is 11.7. The number of hydrogen-bond acceptors (Lipinski definition) is 3. The Kier molecular flexibility index (Phi) is 4.55. The van der Waals surface area contributed by atoms with E-state index in [1.54, 1.807) is 6.92 Å². The summed E-state index contributed by atoms with van der Waals surface area (Å²) in [4.78, 5) is 25.7. The van der Waals surface area contributed by atoms with E-state index in [4.69, 9.17) is 5.11 Å². The minimum Gasteiger partial charge on any atom is -0.503 e. The van der Waals surface area contributed by atoms with Gasteiger partial charge in [-0.3, -0.25) is 9.59 Å². The van der Waals surface area contributed by atoms with Crippen molar-refractivity contribution in [3.63, 3.8) is 0 Å². The number of nitrogens with zero attached hydrogens (tertiary/aromatic N) is 1. The summed E-state index contributed by atoms with van der Waals surface area (Å²) in [7, 11) is 0. The highest BCUT2D eigenvalue weighted by Crippen LogP contribution is 2.25. The second-order valence-corrected chi connectivity index (χ2v) is 5.12. The molecule has 1 aliphatic heterocycles. The van der Waals surface area contributed by atoms with Gasteiger partial charge in [-0.2, -0.15) is 0 Å². The molecule has 2 rings (SSSR count). The maximum Gasteiger partial charge on any atom is 0.254 e. The molecular formula is C15H17F2NO3. The lowest BCUT2D eigenvalue weighted by Crippen LogP contribution is -2.47. The maximum absolute atomic E-state index is 13.4. The van der Waals surface area contributed by atoms with Crippen LogP contribution in [0.1, 0.15) is 43.0 Å². The van der Waals surface area contributed by atoms with E-state index >= 15 is 0 Å². The number of piperidine rings is 1. The lowest BCUT2D eigenvalue weighted by molar-refractivity contribution is -0.124. The van der Waals surface area contributed by atoms with Gasteiger partial charge >= 0.3 is 0 Å². The highest BCUT2D eigenvalue weighted by molar-refractivity contribution is 5.98. The van der Waals surface area contributed by atoms with Gasteiger partial charge in [-0.25, -0.2) is 8.78 Å². The van der Waals surface area contributed by atoms with E-state index in [0.717, 1.165) is 25.0 Å². The number of phenols is 1. The lowest BCUT2D eigenvalue weighted by Gasteiger charge is -2.34. The van der Waals surface area contributed by atoms with Crippen molar-refractivity contribution < 1.29 is 23.5 Å². The molecule has 0 saturated carbocycles. The Morgan fingerprint density at radius 2 is 1.90 bits per heavy atom. The number of phenolic OH excluding ortho intramolecular Hbond substituents is 1. The van der Waals surface area contributed by atoms with E-state index in [2.05, 4.69) is 0 Å². The number of aromatic hydroxyl groups is 1. The van der Waals surface area contributed by atoms with Gasteiger partial charge in [0.2, 0.25) is 0 Å². The molecule has 1 atom stereocenters. The van der Waals surface area contributed by atoms with E-state index in [-0.39, 0.29) is 11.3 Å². The zero-order chi connectivity index (χ0) is 15.6. The Hall–Kier alpha value is -1.98. The highest BCUT2D eigenvalue weighted by atomic mass is 19.1. The van der Waals surface area contributed by atoms with Crippen molar-refractivity contribution >= 4 is 11.7 Å². The fourth-order valence-corrected chi connectivity index (χ4v) is 2.60. The van der Waals surface area contributed by atoms with Gasteiger partial charge in [-0.1, -0.05) is 6.92 Å². The molecule has 1 saturated heterocycles. The molecule has 21 heavy (non-hydrogen) atoms. The molecule has 1 amide bonds. The molecule has 0 aliphatic carbocycles. The number of carbonyl (C=O) groups excluding carboxylic acids is 2. The monoisotopic (exact) mass is 297 g/mol. The molecular weight excluding hydrogens is 280 g/mol. The molecule has 1 aromatic carbocycles. The van der Waals surface area contributed by atoms with Crippen LogP contribution in [0.3, 0.4) is 0 Å². The van der Waals surface area contributed by atoms with Gasteiger partial charge in [0, 0.05) is 18.5 Å². The number of Topliss-reactive ketones (excluding diaryl/α,β-unsaturated/α-hetero) is 1. The number of likely N-dealkylation sites (tertiary alicyclic amines) is 1. The standard InChI is InChI=1S/C15H17F2NO3/c1-2-13(19)12-5-3-4-6-18(12)15(21)9-7-10(16)14(20)11(17)8-9/h7-8,12,20H,2-6H2,1H3. The number of hydrogen-bond donors (Lipinski definition) is 1. The van der Waals surface area contributed by atoms with Crippen LogP contribution >= 0.6 is 0 Å². The largest absolute Gasteiger partial charge is 0.503 e. The summed E-state index contributed by atoms with van der Waals surface area (Å²) in [6.45, 7) is 2.11. The van der Waals surface area contributed by atoms with E-state index in [0.29, 0.717) is 19.4 Å². The van der Waals surface area contributed by atoms with Gasteiger partial charge in [-0.15, -0.1) is 0 Å². The predicted molar refractivity (Wildman–Crippen MR) is 72.0 cm³/mol. The molecule has 6 heteroatoms. The smallest absolute Gasteiger partial charge is 0.254 e. The summed E-state index contributed by atoms with van der Waals surface area (Å²) in [6.07, 6.45) is 2.48. The van der Waals surface area contributed by atoms with Crippen molar-refractivity contribution in [2.75, 3.05) is 6.54 Å². The first kappa shape index (κ1) is 15.4. The molecule has 0 bridgehead atoms. The summed E-state index contributed by atoms with van der Waals surface area (Å²) >= 11 is 0. The van der Waals surface area contributed by atoms with Crippen LogP contribution in [0.4, 0.5) is 8.78 Å². The van der Waals surface area contributed by atoms with Crippen LogP contribution in [0.25, 0.3) is 0 Å². The van der Waals surface area contributed by atoms with Gasteiger partial charge < -0.3 is 10.0 Å². The molecule has 0 radical (unpaired) electrons. The SMILES string of the molecule is CCC(=O)C1CCCCN1C(=O)c1cc(F)c(O)c(F)c1. The topological polar surface area (TPSA) is 57.6 Å². The third-order valence-corrected chi connectivity index (χ3v) is 3.75. The Bertz CT molecular complexity index is 551. The van der Waals surface area contributed by atoms with Gasteiger partial charge in [0.25, 0.3) is 5.91 Å². The molecule has 1 heterocycles. The average Bonchev–Trinajstić information content (AvgIpc) is 2.50. The Balaban J connectivity index is 2.31. The molecule has 114 valence electrons. The fourth-order valence-electron chi connectivity index (χ4n) is 2.60. The van der Waals surface area contributed by atoms with Crippen LogP contribution in [0.2, 0.25) is 0 Å². The van der Waals surface area contributed by atoms with Crippen molar-refractivity contribution in [2.45, 2.75) is 38.6 Å². The first-order chi connectivity index (χ1) is 9.95. The molecule has 1 unspecified atom stereocenters. The van der Waals surface area contributed by atoms with Crippen molar-refractivity contribution in [1.82, 2.24) is 4.90 Å². The van der Waals surface area contributed by atoms with Gasteiger partial charge in [0.05, 0.1) is 6.04 Å². The minimum absolute atomic E-state index is 0.0530. The molecule has 0 aromatic heterocycles.